The molecule has 0 radical (unpaired) electrons. The first-order valence-corrected chi connectivity index (χ1v) is 6.95. The van der Waals surface area contributed by atoms with E-state index < -0.39 is 11.6 Å². The summed E-state index contributed by atoms with van der Waals surface area (Å²) in [6, 6.07) is 4.40. The molecule has 1 aromatic carbocycles. The van der Waals surface area contributed by atoms with Crippen LogP contribution in [0.4, 0.5) is 8.78 Å². The van der Waals surface area contributed by atoms with Crippen molar-refractivity contribution >= 4 is 0 Å². The Morgan fingerprint density at radius 2 is 1.89 bits per heavy atom. The summed E-state index contributed by atoms with van der Waals surface area (Å²) < 4.78 is 26.8. The minimum absolute atomic E-state index is 0.0430. The lowest BCUT2D eigenvalue weighted by molar-refractivity contribution is 0.316. The van der Waals surface area contributed by atoms with Gasteiger partial charge in [0.25, 0.3) is 0 Å². The topological polar surface area (TPSA) is 12.0 Å². The third kappa shape index (κ3) is 5.68. The molecule has 0 amide bonds. The number of hydrogen-bond donors (Lipinski definition) is 1. The van der Waals surface area contributed by atoms with E-state index in [1.165, 1.54) is 0 Å². The van der Waals surface area contributed by atoms with Crippen molar-refractivity contribution in [2.45, 2.75) is 40.5 Å². The van der Waals surface area contributed by atoms with E-state index in [-0.39, 0.29) is 5.41 Å². The zero-order chi connectivity index (χ0) is 14.5. The Bertz CT molecular complexity index is 400. The molecule has 1 aromatic rings. The van der Waals surface area contributed by atoms with Gasteiger partial charge in [-0.2, -0.15) is 0 Å². The summed E-state index contributed by atoms with van der Waals surface area (Å²) in [6.45, 7) is 10.4. The molecule has 0 unspecified atom stereocenters. The number of nitrogens with one attached hydrogen (secondary N) is 1. The second-order valence-corrected chi connectivity index (χ2v) is 6.40. The van der Waals surface area contributed by atoms with Crippen LogP contribution in [0.3, 0.4) is 0 Å². The van der Waals surface area contributed by atoms with E-state index in [9.17, 15) is 8.78 Å². The predicted molar refractivity (Wildman–Crippen MR) is 76.2 cm³/mol. The Hall–Kier alpha value is -0.960. The Morgan fingerprint density at radius 3 is 2.53 bits per heavy atom. The van der Waals surface area contributed by atoms with Gasteiger partial charge in [-0.3, -0.25) is 0 Å². The molecule has 0 bridgehead atoms. The highest BCUT2D eigenvalue weighted by Crippen LogP contribution is 2.27. The maximum atomic E-state index is 13.6. The van der Waals surface area contributed by atoms with Gasteiger partial charge in [-0.1, -0.05) is 39.8 Å². The van der Waals surface area contributed by atoms with Crippen molar-refractivity contribution in [1.29, 1.82) is 0 Å². The molecule has 0 saturated carbocycles. The van der Waals surface area contributed by atoms with Crippen molar-refractivity contribution in [3.8, 4) is 0 Å². The van der Waals surface area contributed by atoms with Gasteiger partial charge in [-0.15, -0.1) is 0 Å². The highest BCUT2D eigenvalue weighted by Gasteiger charge is 2.21. The zero-order valence-corrected chi connectivity index (χ0v) is 12.4. The molecule has 0 aliphatic heterocycles. The molecular formula is C16H25F2N. The van der Waals surface area contributed by atoms with Crippen molar-refractivity contribution < 1.29 is 8.78 Å². The summed E-state index contributed by atoms with van der Waals surface area (Å²) >= 11 is 0. The summed E-state index contributed by atoms with van der Waals surface area (Å²) in [5.74, 6) is -0.833. The van der Waals surface area contributed by atoms with E-state index in [0.717, 1.165) is 25.6 Å². The highest BCUT2D eigenvalue weighted by atomic mass is 19.2. The fourth-order valence-electron chi connectivity index (χ4n) is 2.11. The summed E-state index contributed by atoms with van der Waals surface area (Å²) in [5, 5.41) is 3.38. The Kier molecular flexibility index (Phi) is 5.92. The van der Waals surface area contributed by atoms with Gasteiger partial charge < -0.3 is 5.32 Å². The van der Waals surface area contributed by atoms with Gasteiger partial charge in [0.15, 0.2) is 11.6 Å². The van der Waals surface area contributed by atoms with Crippen LogP contribution >= 0.6 is 0 Å². The molecule has 0 spiro atoms. The largest absolute Gasteiger partial charge is 0.316 e. The van der Waals surface area contributed by atoms with Gasteiger partial charge in [-0.05, 0) is 48.9 Å². The molecule has 0 aromatic heterocycles. The van der Waals surface area contributed by atoms with E-state index in [1.54, 1.807) is 12.1 Å². The molecule has 1 N–H and O–H groups in total. The van der Waals surface area contributed by atoms with Crippen molar-refractivity contribution in [2.75, 3.05) is 13.1 Å². The first kappa shape index (κ1) is 16.1. The normalized spacial score (nSPS) is 12.2. The first-order chi connectivity index (χ1) is 8.82. The Labute approximate surface area is 115 Å². The van der Waals surface area contributed by atoms with E-state index in [2.05, 4.69) is 33.0 Å². The molecule has 108 valence electrons. The lowest BCUT2D eigenvalue weighted by atomic mass is 9.82. The molecule has 0 aliphatic rings. The molecule has 1 nitrogen and oxygen atoms in total. The molecule has 0 heterocycles. The van der Waals surface area contributed by atoms with Crippen LogP contribution in [0.2, 0.25) is 0 Å². The quantitative estimate of drug-likeness (QED) is 0.733. The van der Waals surface area contributed by atoms with Crippen LogP contribution in [0.25, 0.3) is 0 Å². The molecule has 1 rings (SSSR count). The van der Waals surface area contributed by atoms with Crippen LogP contribution in [0.15, 0.2) is 18.2 Å². The van der Waals surface area contributed by atoms with Crippen LogP contribution in [-0.2, 0) is 6.42 Å². The summed E-state index contributed by atoms with van der Waals surface area (Å²) in [7, 11) is 0. The van der Waals surface area contributed by atoms with Crippen LogP contribution in [0.5, 0.6) is 0 Å². The van der Waals surface area contributed by atoms with E-state index in [1.807, 2.05) is 0 Å². The number of benzene rings is 1. The zero-order valence-electron chi connectivity index (χ0n) is 12.4. The highest BCUT2D eigenvalue weighted by molar-refractivity contribution is 5.20. The van der Waals surface area contributed by atoms with Gasteiger partial charge in [0, 0.05) is 0 Å². The SMILES string of the molecule is CC(C)CNCCC(C)(C)Cc1cccc(F)c1F. The van der Waals surface area contributed by atoms with E-state index in [0.29, 0.717) is 17.9 Å². The van der Waals surface area contributed by atoms with Gasteiger partial charge in [0.2, 0.25) is 0 Å². The summed E-state index contributed by atoms with van der Waals surface area (Å²) in [6.07, 6.45) is 1.50. The summed E-state index contributed by atoms with van der Waals surface area (Å²) in [4.78, 5) is 0. The number of halogens is 2. The van der Waals surface area contributed by atoms with Crippen molar-refractivity contribution in [3.63, 3.8) is 0 Å². The fraction of sp³-hybridized carbons (Fsp3) is 0.625. The van der Waals surface area contributed by atoms with E-state index in [4.69, 9.17) is 0 Å². The van der Waals surface area contributed by atoms with E-state index >= 15 is 0 Å². The minimum atomic E-state index is -0.758. The van der Waals surface area contributed by atoms with Crippen molar-refractivity contribution in [1.82, 2.24) is 5.32 Å². The first-order valence-electron chi connectivity index (χ1n) is 6.95. The Balaban J connectivity index is 2.51. The lowest BCUT2D eigenvalue weighted by Gasteiger charge is -2.25. The molecule has 0 saturated heterocycles. The second kappa shape index (κ2) is 6.99. The van der Waals surface area contributed by atoms with Crippen LogP contribution in [-0.4, -0.2) is 13.1 Å². The van der Waals surface area contributed by atoms with Crippen LogP contribution in [0.1, 0.15) is 39.7 Å². The molecular weight excluding hydrogens is 244 g/mol. The van der Waals surface area contributed by atoms with Gasteiger partial charge >= 0.3 is 0 Å². The number of hydrogen-bond acceptors (Lipinski definition) is 1. The van der Waals surface area contributed by atoms with Crippen molar-refractivity contribution in [2.24, 2.45) is 11.3 Å². The van der Waals surface area contributed by atoms with Gasteiger partial charge in [0.05, 0.1) is 0 Å². The summed E-state index contributed by atoms with van der Waals surface area (Å²) in [5.41, 5.74) is 0.423. The molecule has 0 aliphatic carbocycles. The third-order valence-electron chi connectivity index (χ3n) is 3.23. The molecule has 3 heteroatoms. The monoisotopic (exact) mass is 269 g/mol. The fourth-order valence-corrected chi connectivity index (χ4v) is 2.11. The number of rotatable bonds is 7. The standard InChI is InChI=1S/C16H25F2N/c1-12(2)11-19-9-8-16(3,4)10-13-6-5-7-14(17)15(13)18/h5-7,12,19H,8-11H2,1-4H3. The lowest BCUT2D eigenvalue weighted by Crippen LogP contribution is -2.27. The Morgan fingerprint density at radius 1 is 1.21 bits per heavy atom. The molecule has 0 fully saturated rings. The maximum absolute atomic E-state index is 13.6. The average Bonchev–Trinajstić information content (AvgIpc) is 2.30. The van der Waals surface area contributed by atoms with Crippen LogP contribution < -0.4 is 5.32 Å². The van der Waals surface area contributed by atoms with Crippen molar-refractivity contribution in [3.05, 3.63) is 35.4 Å². The average molecular weight is 269 g/mol. The van der Waals surface area contributed by atoms with Crippen LogP contribution in [0, 0.1) is 23.0 Å². The second-order valence-electron chi connectivity index (χ2n) is 6.40. The smallest absolute Gasteiger partial charge is 0.162 e. The van der Waals surface area contributed by atoms with Gasteiger partial charge in [0.1, 0.15) is 0 Å². The minimum Gasteiger partial charge on any atom is -0.316 e. The molecule has 0 atom stereocenters. The predicted octanol–water partition coefficient (Wildman–Crippen LogP) is 4.17. The maximum Gasteiger partial charge on any atom is 0.162 e. The van der Waals surface area contributed by atoms with Gasteiger partial charge in [-0.25, -0.2) is 8.78 Å². The third-order valence-corrected chi connectivity index (χ3v) is 3.23. The molecule has 19 heavy (non-hydrogen) atoms.